The number of ether oxygens (including phenoxy) is 1. The maximum atomic E-state index is 14.0. The molecule has 2 fully saturated rings. The second-order valence-electron chi connectivity index (χ2n) is 9.12. The number of likely N-dealkylation sites (tertiary alicyclic amines) is 1. The van der Waals surface area contributed by atoms with Crippen molar-refractivity contribution in [2.24, 2.45) is 0 Å². The van der Waals surface area contributed by atoms with Crippen LogP contribution in [0.2, 0.25) is 0 Å². The zero-order chi connectivity index (χ0) is 23.2. The molecule has 34 heavy (non-hydrogen) atoms. The van der Waals surface area contributed by atoms with Crippen molar-refractivity contribution in [2.75, 3.05) is 20.2 Å². The summed E-state index contributed by atoms with van der Waals surface area (Å²) in [5.41, 5.74) is 5.01. The number of benzene rings is 1. The molecule has 9 heteroatoms. The number of nitrogens with one attached hydrogen (secondary N) is 1. The van der Waals surface area contributed by atoms with Gasteiger partial charge in [-0.3, -0.25) is 9.88 Å². The van der Waals surface area contributed by atoms with E-state index < -0.39 is 5.82 Å². The van der Waals surface area contributed by atoms with Crippen LogP contribution in [-0.4, -0.2) is 61.7 Å². The summed E-state index contributed by atoms with van der Waals surface area (Å²) in [6.07, 6.45) is 4.06. The van der Waals surface area contributed by atoms with Gasteiger partial charge < -0.3 is 14.6 Å². The summed E-state index contributed by atoms with van der Waals surface area (Å²) in [6.45, 7) is 5.59. The third kappa shape index (κ3) is 3.80. The SMILES string of the molecule is COc1nc(C)c2nc(-c3cncc(F)c3)n(Cc3ccc(CN4CC5CC4CN5)cc3)c2n1. The fourth-order valence-corrected chi connectivity index (χ4v) is 5.12. The van der Waals surface area contributed by atoms with E-state index in [0.717, 1.165) is 25.2 Å². The Balaban J connectivity index is 1.34. The van der Waals surface area contributed by atoms with Gasteiger partial charge in [0.15, 0.2) is 5.65 Å². The molecule has 0 saturated carbocycles. The van der Waals surface area contributed by atoms with Gasteiger partial charge in [-0.25, -0.2) is 9.37 Å². The lowest BCUT2D eigenvalue weighted by Crippen LogP contribution is -2.42. The maximum absolute atomic E-state index is 14.0. The Bertz CT molecular complexity index is 1350. The van der Waals surface area contributed by atoms with Crippen molar-refractivity contribution in [3.8, 4) is 17.4 Å². The molecular formula is C25H26FN7O. The average molecular weight is 460 g/mol. The van der Waals surface area contributed by atoms with E-state index in [2.05, 4.69) is 49.4 Å². The van der Waals surface area contributed by atoms with Gasteiger partial charge in [-0.15, -0.1) is 0 Å². The highest BCUT2D eigenvalue weighted by atomic mass is 19.1. The van der Waals surface area contributed by atoms with Crippen LogP contribution < -0.4 is 10.1 Å². The lowest BCUT2D eigenvalue weighted by atomic mass is 10.1. The van der Waals surface area contributed by atoms with Gasteiger partial charge >= 0.3 is 6.01 Å². The Morgan fingerprint density at radius 3 is 2.56 bits per heavy atom. The van der Waals surface area contributed by atoms with Crippen molar-refractivity contribution >= 4 is 11.2 Å². The third-order valence-corrected chi connectivity index (χ3v) is 6.81. The molecule has 1 aromatic carbocycles. The zero-order valence-electron chi connectivity index (χ0n) is 19.2. The van der Waals surface area contributed by atoms with E-state index >= 15 is 0 Å². The van der Waals surface area contributed by atoms with Crippen LogP contribution in [0.15, 0.2) is 42.7 Å². The first-order valence-electron chi connectivity index (χ1n) is 11.5. The van der Waals surface area contributed by atoms with Gasteiger partial charge in [0.05, 0.1) is 25.5 Å². The standard InChI is InChI=1S/C25H26FN7O/c1-15-22-24(31-25(29-15)34-2)33(23(30-22)18-7-19(26)10-27-9-18)13-17-5-3-16(4-6-17)12-32-14-20-8-21(32)11-28-20/h3-7,9-10,20-21,28H,8,11-14H2,1-2H3. The van der Waals surface area contributed by atoms with E-state index in [4.69, 9.17) is 9.72 Å². The van der Waals surface area contributed by atoms with E-state index in [1.54, 1.807) is 13.3 Å². The number of piperazine rings is 1. The number of nitrogens with zero attached hydrogens (tertiary/aromatic N) is 6. The van der Waals surface area contributed by atoms with Gasteiger partial charge in [0.2, 0.25) is 0 Å². The van der Waals surface area contributed by atoms with E-state index in [1.807, 2.05) is 11.5 Å². The molecule has 4 aromatic rings. The second kappa shape index (κ2) is 8.41. The predicted octanol–water partition coefficient (Wildman–Crippen LogP) is 2.94. The first-order chi connectivity index (χ1) is 16.6. The van der Waals surface area contributed by atoms with Crippen LogP contribution in [0.25, 0.3) is 22.6 Å². The number of imidazole rings is 1. The first-order valence-corrected chi connectivity index (χ1v) is 11.5. The number of pyridine rings is 1. The molecule has 2 atom stereocenters. The molecule has 2 saturated heterocycles. The Kier molecular flexibility index (Phi) is 5.23. The van der Waals surface area contributed by atoms with Crippen LogP contribution >= 0.6 is 0 Å². The minimum atomic E-state index is -0.410. The molecule has 6 rings (SSSR count). The average Bonchev–Trinajstić information content (AvgIpc) is 3.55. The number of fused-ring (bicyclic) bond motifs is 3. The van der Waals surface area contributed by atoms with Crippen molar-refractivity contribution in [3.63, 3.8) is 0 Å². The van der Waals surface area contributed by atoms with Crippen LogP contribution in [0.5, 0.6) is 6.01 Å². The fourth-order valence-electron chi connectivity index (χ4n) is 5.12. The highest BCUT2D eigenvalue weighted by Gasteiger charge is 2.37. The molecule has 0 aliphatic carbocycles. The highest BCUT2D eigenvalue weighted by molar-refractivity contribution is 5.79. The molecule has 0 radical (unpaired) electrons. The van der Waals surface area contributed by atoms with E-state index in [-0.39, 0.29) is 6.01 Å². The summed E-state index contributed by atoms with van der Waals surface area (Å²) in [6, 6.07) is 11.7. The molecule has 0 spiro atoms. The lowest BCUT2D eigenvalue weighted by molar-refractivity contribution is 0.218. The number of rotatable bonds is 6. The molecule has 2 unspecified atom stereocenters. The Labute approximate surface area is 196 Å². The monoisotopic (exact) mass is 459 g/mol. The first kappa shape index (κ1) is 21.1. The van der Waals surface area contributed by atoms with E-state index in [9.17, 15) is 4.39 Å². The van der Waals surface area contributed by atoms with Gasteiger partial charge in [-0.2, -0.15) is 9.97 Å². The molecule has 2 aliphatic rings. The summed E-state index contributed by atoms with van der Waals surface area (Å²) in [5.74, 6) is 0.184. The van der Waals surface area contributed by atoms with Crippen molar-refractivity contribution in [1.82, 2.24) is 34.7 Å². The summed E-state index contributed by atoms with van der Waals surface area (Å²) < 4.78 is 21.2. The Hall–Kier alpha value is -3.43. The number of aryl methyl sites for hydroxylation is 1. The molecule has 174 valence electrons. The van der Waals surface area contributed by atoms with Crippen LogP contribution in [-0.2, 0) is 13.1 Å². The topological polar surface area (TPSA) is 81.0 Å². The summed E-state index contributed by atoms with van der Waals surface area (Å²) in [4.78, 5) is 20.3. The molecule has 2 bridgehead atoms. The van der Waals surface area contributed by atoms with Crippen LogP contribution in [0.3, 0.4) is 0 Å². The van der Waals surface area contributed by atoms with Crippen molar-refractivity contribution in [1.29, 1.82) is 0 Å². The van der Waals surface area contributed by atoms with Crippen molar-refractivity contribution in [3.05, 3.63) is 65.4 Å². The summed E-state index contributed by atoms with van der Waals surface area (Å²) in [5, 5.41) is 3.56. The number of methoxy groups -OCH3 is 1. The van der Waals surface area contributed by atoms with Crippen LogP contribution in [0.1, 0.15) is 23.2 Å². The van der Waals surface area contributed by atoms with Crippen LogP contribution in [0.4, 0.5) is 4.39 Å². The zero-order valence-corrected chi connectivity index (χ0v) is 19.2. The number of halogens is 1. The fraction of sp³-hybridized carbons (Fsp3) is 0.360. The van der Waals surface area contributed by atoms with E-state index in [0.29, 0.717) is 46.9 Å². The Morgan fingerprint density at radius 2 is 1.88 bits per heavy atom. The van der Waals surface area contributed by atoms with E-state index in [1.165, 1.54) is 24.2 Å². The number of hydrogen-bond acceptors (Lipinski definition) is 7. The van der Waals surface area contributed by atoms with Crippen molar-refractivity contribution < 1.29 is 9.13 Å². The van der Waals surface area contributed by atoms with Gasteiger partial charge in [0.25, 0.3) is 0 Å². The molecular weight excluding hydrogens is 433 g/mol. The minimum Gasteiger partial charge on any atom is -0.467 e. The largest absolute Gasteiger partial charge is 0.467 e. The minimum absolute atomic E-state index is 0.278. The molecule has 0 amide bonds. The molecule has 5 heterocycles. The van der Waals surface area contributed by atoms with Gasteiger partial charge in [0, 0.05) is 43.5 Å². The molecule has 2 aliphatic heterocycles. The van der Waals surface area contributed by atoms with Crippen LogP contribution in [0, 0.1) is 12.7 Å². The van der Waals surface area contributed by atoms with Crippen molar-refractivity contribution in [2.45, 2.75) is 38.5 Å². The molecule has 8 nitrogen and oxygen atoms in total. The number of aromatic nitrogens is 5. The highest BCUT2D eigenvalue weighted by Crippen LogP contribution is 2.28. The summed E-state index contributed by atoms with van der Waals surface area (Å²) in [7, 11) is 1.54. The van der Waals surface area contributed by atoms with Gasteiger partial charge in [-0.05, 0) is 30.5 Å². The van der Waals surface area contributed by atoms with Gasteiger partial charge in [-0.1, -0.05) is 24.3 Å². The van der Waals surface area contributed by atoms with Gasteiger partial charge in [0.1, 0.15) is 17.2 Å². The predicted molar refractivity (Wildman–Crippen MR) is 126 cm³/mol. The maximum Gasteiger partial charge on any atom is 0.318 e. The smallest absolute Gasteiger partial charge is 0.318 e. The Morgan fingerprint density at radius 1 is 1.09 bits per heavy atom. The lowest BCUT2D eigenvalue weighted by Gasteiger charge is -2.27. The normalized spacial score (nSPS) is 19.9. The quantitative estimate of drug-likeness (QED) is 0.475. The molecule has 3 aromatic heterocycles. The molecule has 1 N–H and O–H groups in total. The second-order valence-corrected chi connectivity index (χ2v) is 9.12. The third-order valence-electron chi connectivity index (χ3n) is 6.81. The number of hydrogen-bond donors (Lipinski definition) is 1. The summed E-state index contributed by atoms with van der Waals surface area (Å²) >= 11 is 0.